The summed E-state index contributed by atoms with van der Waals surface area (Å²) >= 11 is 5.82. The molecule has 2 N–H and O–H groups in total. The van der Waals surface area contributed by atoms with Crippen molar-refractivity contribution in [2.45, 2.75) is 31.6 Å². The molecule has 0 bridgehead atoms. The van der Waals surface area contributed by atoms with Crippen molar-refractivity contribution >= 4 is 11.6 Å². The first kappa shape index (κ1) is 29.1. The summed E-state index contributed by atoms with van der Waals surface area (Å²) < 4.78 is 127. The second-order valence-electron chi connectivity index (χ2n) is 8.61. The van der Waals surface area contributed by atoms with Crippen LogP contribution in [0.5, 0.6) is 11.5 Å². The first-order chi connectivity index (χ1) is 18.5. The standard InChI is InChI=1S/C26H16ClF9N2O2/c27-17-3-1-13(2-4-17)12-40-18-5-6-19(21(39)11-18)22-20(23(38-37-22)26(34,35)36)9-14-7-15(24(28,29)30)10-16(8-14)25(31,32)33/h1-8,10-11,39H,9,12H2,(H,37,38). The molecule has 3 aromatic carbocycles. The van der Waals surface area contributed by atoms with E-state index in [0.717, 1.165) is 11.6 Å². The lowest BCUT2D eigenvalue weighted by molar-refractivity contribution is -0.144. The summed E-state index contributed by atoms with van der Waals surface area (Å²) in [7, 11) is 0. The van der Waals surface area contributed by atoms with Crippen molar-refractivity contribution in [1.82, 2.24) is 10.2 Å². The van der Waals surface area contributed by atoms with Crippen molar-refractivity contribution in [1.29, 1.82) is 0 Å². The molecule has 0 aliphatic rings. The number of rotatable bonds is 6. The Bertz CT molecular complexity index is 1480. The fourth-order valence-corrected chi connectivity index (χ4v) is 3.99. The fourth-order valence-electron chi connectivity index (χ4n) is 3.87. The normalized spacial score (nSPS) is 12.6. The Hall–Kier alpha value is -3.87. The highest BCUT2D eigenvalue weighted by atomic mass is 35.5. The summed E-state index contributed by atoms with van der Waals surface area (Å²) in [4.78, 5) is 0. The number of nitrogens with zero attached hydrogens (tertiary/aromatic N) is 1. The number of aromatic amines is 1. The van der Waals surface area contributed by atoms with Crippen LogP contribution < -0.4 is 4.74 Å². The third-order valence-electron chi connectivity index (χ3n) is 5.72. The van der Waals surface area contributed by atoms with Crippen molar-refractivity contribution < 1.29 is 49.4 Å². The molecule has 40 heavy (non-hydrogen) atoms. The third kappa shape index (κ3) is 6.64. The second kappa shape index (κ2) is 10.6. The Morgan fingerprint density at radius 2 is 1.35 bits per heavy atom. The van der Waals surface area contributed by atoms with E-state index in [2.05, 4.69) is 5.10 Å². The van der Waals surface area contributed by atoms with Crippen molar-refractivity contribution in [3.05, 3.63) is 99.2 Å². The van der Waals surface area contributed by atoms with Crippen LogP contribution in [0.1, 0.15) is 33.5 Å². The molecule has 0 radical (unpaired) electrons. The molecule has 0 aliphatic heterocycles. The van der Waals surface area contributed by atoms with Gasteiger partial charge in [-0.1, -0.05) is 23.7 Å². The molecule has 0 unspecified atom stereocenters. The van der Waals surface area contributed by atoms with E-state index in [1.54, 1.807) is 29.4 Å². The predicted octanol–water partition coefficient (Wildman–Crippen LogP) is 8.66. The molecule has 1 heterocycles. The minimum atomic E-state index is -5.19. The molecule has 0 fully saturated rings. The van der Waals surface area contributed by atoms with Gasteiger partial charge in [-0.05, 0) is 53.6 Å². The van der Waals surface area contributed by atoms with E-state index in [1.165, 1.54) is 12.1 Å². The van der Waals surface area contributed by atoms with Gasteiger partial charge >= 0.3 is 18.5 Å². The summed E-state index contributed by atoms with van der Waals surface area (Å²) in [6.07, 6.45) is -16.5. The lowest BCUT2D eigenvalue weighted by atomic mass is 9.95. The van der Waals surface area contributed by atoms with Crippen molar-refractivity contribution in [3.63, 3.8) is 0 Å². The number of phenolic OH excluding ortho intramolecular Hbond substituents is 1. The van der Waals surface area contributed by atoms with Crippen molar-refractivity contribution in [2.75, 3.05) is 0 Å². The molecule has 0 aliphatic carbocycles. The molecule has 212 valence electrons. The van der Waals surface area contributed by atoms with Crippen LogP contribution >= 0.6 is 11.6 Å². The van der Waals surface area contributed by atoms with Gasteiger partial charge in [0.1, 0.15) is 23.8 Å². The minimum Gasteiger partial charge on any atom is -0.507 e. The molecule has 0 spiro atoms. The SMILES string of the molecule is Oc1cc(OCc2ccc(Cl)cc2)ccc1-c1n[nH]c(C(F)(F)F)c1Cc1cc(C(F)(F)F)cc(C(F)(F)F)c1. The Balaban J connectivity index is 1.72. The number of hydrogen-bond donors (Lipinski definition) is 2. The number of phenols is 1. The fraction of sp³-hybridized carbons (Fsp3) is 0.192. The van der Waals surface area contributed by atoms with Crippen LogP contribution in [0, 0.1) is 0 Å². The Labute approximate surface area is 225 Å². The number of ether oxygens (including phenoxy) is 1. The number of benzene rings is 3. The number of halogens is 10. The number of alkyl halides is 9. The van der Waals surface area contributed by atoms with E-state index in [1.807, 2.05) is 0 Å². The van der Waals surface area contributed by atoms with Gasteiger partial charge in [-0.2, -0.15) is 44.6 Å². The first-order valence-electron chi connectivity index (χ1n) is 11.2. The van der Waals surface area contributed by atoms with Gasteiger partial charge in [-0.25, -0.2) is 0 Å². The maximum atomic E-state index is 13.7. The number of aromatic hydroxyl groups is 1. The van der Waals surface area contributed by atoms with Crippen LogP contribution in [0.3, 0.4) is 0 Å². The van der Waals surface area contributed by atoms with E-state index in [4.69, 9.17) is 16.3 Å². The van der Waals surface area contributed by atoms with Gasteiger partial charge in [0.15, 0.2) is 0 Å². The third-order valence-corrected chi connectivity index (χ3v) is 5.97. The molecule has 0 atom stereocenters. The zero-order chi connectivity index (χ0) is 29.5. The number of H-pyrrole nitrogens is 1. The zero-order valence-corrected chi connectivity index (χ0v) is 20.5. The largest absolute Gasteiger partial charge is 0.507 e. The van der Waals surface area contributed by atoms with E-state index in [0.29, 0.717) is 17.2 Å². The van der Waals surface area contributed by atoms with E-state index in [-0.39, 0.29) is 24.0 Å². The number of aromatic nitrogens is 2. The van der Waals surface area contributed by atoms with Crippen LogP contribution in [0.25, 0.3) is 11.3 Å². The molecule has 0 amide bonds. The summed E-state index contributed by atoms with van der Waals surface area (Å²) in [6, 6.07) is 10.7. The van der Waals surface area contributed by atoms with E-state index >= 15 is 0 Å². The number of hydrogen-bond acceptors (Lipinski definition) is 3. The molecular weight excluding hydrogens is 579 g/mol. The summed E-state index contributed by atoms with van der Waals surface area (Å²) in [5.74, 6) is -0.466. The monoisotopic (exact) mass is 594 g/mol. The van der Waals surface area contributed by atoms with Gasteiger partial charge in [0.05, 0.1) is 16.8 Å². The highest BCUT2D eigenvalue weighted by Gasteiger charge is 2.40. The molecule has 14 heteroatoms. The Morgan fingerprint density at radius 3 is 1.88 bits per heavy atom. The van der Waals surface area contributed by atoms with Gasteiger partial charge < -0.3 is 9.84 Å². The molecule has 4 nitrogen and oxygen atoms in total. The zero-order valence-electron chi connectivity index (χ0n) is 19.8. The van der Waals surface area contributed by atoms with Crippen LogP contribution in [0.4, 0.5) is 39.5 Å². The van der Waals surface area contributed by atoms with Crippen LogP contribution in [-0.4, -0.2) is 15.3 Å². The molecule has 0 saturated carbocycles. The second-order valence-corrected chi connectivity index (χ2v) is 9.04. The van der Waals surface area contributed by atoms with Gasteiger partial charge in [-0.15, -0.1) is 0 Å². The van der Waals surface area contributed by atoms with Gasteiger partial charge in [0.2, 0.25) is 0 Å². The van der Waals surface area contributed by atoms with Crippen LogP contribution in [-0.2, 0) is 31.6 Å². The Kier molecular flexibility index (Phi) is 7.72. The smallest absolute Gasteiger partial charge is 0.433 e. The van der Waals surface area contributed by atoms with Crippen molar-refractivity contribution in [2.24, 2.45) is 0 Å². The van der Waals surface area contributed by atoms with E-state index < -0.39 is 64.3 Å². The summed E-state index contributed by atoms with van der Waals surface area (Å²) in [5, 5.41) is 16.4. The van der Waals surface area contributed by atoms with Gasteiger partial charge in [-0.3, -0.25) is 5.10 Å². The molecule has 4 aromatic rings. The lowest BCUT2D eigenvalue weighted by Crippen LogP contribution is -2.13. The summed E-state index contributed by atoms with van der Waals surface area (Å²) in [5.41, 5.74) is -6.36. The average Bonchev–Trinajstić information content (AvgIpc) is 3.26. The van der Waals surface area contributed by atoms with Gasteiger partial charge in [0, 0.05) is 28.6 Å². The van der Waals surface area contributed by atoms with Gasteiger partial charge in [0.25, 0.3) is 0 Å². The van der Waals surface area contributed by atoms with Crippen LogP contribution in [0.2, 0.25) is 5.02 Å². The molecular formula is C26H16ClF9N2O2. The topological polar surface area (TPSA) is 58.1 Å². The van der Waals surface area contributed by atoms with E-state index in [9.17, 15) is 44.6 Å². The lowest BCUT2D eigenvalue weighted by Gasteiger charge is -2.15. The molecule has 4 rings (SSSR count). The Morgan fingerprint density at radius 1 is 0.750 bits per heavy atom. The highest BCUT2D eigenvalue weighted by Crippen LogP contribution is 2.42. The quantitative estimate of drug-likeness (QED) is 0.220. The first-order valence-corrected chi connectivity index (χ1v) is 11.5. The average molecular weight is 595 g/mol. The summed E-state index contributed by atoms with van der Waals surface area (Å²) in [6.45, 7) is 0.0545. The predicted molar refractivity (Wildman–Crippen MR) is 126 cm³/mol. The highest BCUT2D eigenvalue weighted by molar-refractivity contribution is 6.30. The van der Waals surface area contributed by atoms with Crippen molar-refractivity contribution in [3.8, 4) is 22.8 Å². The molecule has 1 aromatic heterocycles. The molecule has 0 saturated heterocycles. The maximum absolute atomic E-state index is 13.7. The minimum absolute atomic E-state index is 0.0545. The maximum Gasteiger partial charge on any atom is 0.433 e. The van der Waals surface area contributed by atoms with Crippen LogP contribution in [0.15, 0.2) is 60.7 Å². The number of nitrogens with one attached hydrogen (secondary N) is 1.